The van der Waals surface area contributed by atoms with Crippen molar-refractivity contribution in [3.05, 3.63) is 65.4 Å². The van der Waals surface area contributed by atoms with E-state index in [9.17, 15) is 23.5 Å². The van der Waals surface area contributed by atoms with Gasteiger partial charge in [-0.05, 0) is 36.1 Å². The SMILES string of the molecule is CC(C)(C)CCOC(=O)n1c(C(=O)O)cc2cccc(OCc3ccc(F)cc3F)c21. The van der Waals surface area contributed by atoms with Crippen LogP contribution < -0.4 is 4.74 Å². The van der Waals surface area contributed by atoms with Gasteiger partial charge in [0, 0.05) is 17.0 Å². The van der Waals surface area contributed by atoms with E-state index in [4.69, 9.17) is 9.47 Å². The fourth-order valence-corrected chi connectivity index (χ4v) is 2.99. The van der Waals surface area contributed by atoms with E-state index in [0.717, 1.165) is 16.7 Å². The van der Waals surface area contributed by atoms with Crippen molar-refractivity contribution >= 4 is 23.0 Å². The quantitative estimate of drug-likeness (QED) is 0.548. The molecule has 0 atom stereocenters. The van der Waals surface area contributed by atoms with Crippen LogP contribution in [0.4, 0.5) is 13.6 Å². The minimum Gasteiger partial charge on any atom is -0.487 e. The highest BCUT2D eigenvalue weighted by molar-refractivity contribution is 6.02. The van der Waals surface area contributed by atoms with Gasteiger partial charge in [0.05, 0.1) is 6.61 Å². The van der Waals surface area contributed by atoms with Gasteiger partial charge in [0.15, 0.2) is 0 Å². The Bertz CT molecular complexity index is 1130. The molecule has 0 aliphatic heterocycles. The third-order valence-corrected chi connectivity index (χ3v) is 4.66. The highest BCUT2D eigenvalue weighted by Crippen LogP contribution is 2.30. The molecule has 31 heavy (non-hydrogen) atoms. The summed E-state index contributed by atoms with van der Waals surface area (Å²) in [5.74, 6) is -2.61. The van der Waals surface area contributed by atoms with Crippen molar-refractivity contribution in [3.63, 3.8) is 0 Å². The van der Waals surface area contributed by atoms with E-state index < -0.39 is 23.7 Å². The van der Waals surface area contributed by atoms with Crippen molar-refractivity contribution in [2.75, 3.05) is 6.61 Å². The van der Waals surface area contributed by atoms with E-state index in [0.29, 0.717) is 11.8 Å². The van der Waals surface area contributed by atoms with Crippen molar-refractivity contribution < 1.29 is 33.0 Å². The maximum atomic E-state index is 13.9. The molecule has 0 amide bonds. The number of carboxylic acid groups (broad SMARTS) is 1. The maximum Gasteiger partial charge on any atom is 0.419 e. The average molecular weight is 431 g/mol. The fourth-order valence-electron chi connectivity index (χ4n) is 2.99. The lowest BCUT2D eigenvalue weighted by atomic mass is 9.93. The van der Waals surface area contributed by atoms with Crippen LogP contribution >= 0.6 is 0 Å². The van der Waals surface area contributed by atoms with Crippen LogP contribution in [0.2, 0.25) is 0 Å². The molecule has 2 aromatic carbocycles. The smallest absolute Gasteiger partial charge is 0.419 e. The minimum absolute atomic E-state index is 0.0673. The summed E-state index contributed by atoms with van der Waals surface area (Å²) >= 11 is 0. The lowest BCUT2D eigenvalue weighted by Gasteiger charge is -2.18. The molecule has 0 aliphatic carbocycles. The Balaban J connectivity index is 1.95. The predicted molar refractivity (Wildman–Crippen MR) is 110 cm³/mol. The summed E-state index contributed by atoms with van der Waals surface area (Å²) < 4.78 is 39.0. The molecule has 3 rings (SSSR count). The van der Waals surface area contributed by atoms with Crippen LogP contribution in [0.3, 0.4) is 0 Å². The van der Waals surface area contributed by atoms with E-state index in [1.807, 2.05) is 20.8 Å². The number of halogens is 2. The minimum atomic E-state index is -1.31. The topological polar surface area (TPSA) is 77.8 Å². The molecule has 1 heterocycles. The van der Waals surface area contributed by atoms with E-state index >= 15 is 0 Å². The molecule has 0 saturated heterocycles. The first-order chi connectivity index (χ1) is 14.6. The van der Waals surface area contributed by atoms with Gasteiger partial charge in [-0.25, -0.2) is 22.9 Å². The van der Waals surface area contributed by atoms with E-state index in [2.05, 4.69) is 0 Å². The maximum absolute atomic E-state index is 13.9. The number of para-hydroxylation sites is 1. The standard InChI is InChI=1S/C23H23F2NO5/c1-23(2,3)9-10-30-22(29)26-18(21(27)28)11-14-5-4-6-19(20(14)26)31-13-15-7-8-16(24)12-17(15)25/h4-8,11-12H,9-10,13H2,1-3H3,(H,27,28). The summed E-state index contributed by atoms with van der Waals surface area (Å²) in [5.41, 5.74) is -0.0343. The highest BCUT2D eigenvalue weighted by Gasteiger charge is 2.24. The van der Waals surface area contributed by atoms with Crippen LogP contribution in [0.15, 0.2) is 42.5 Å². The second-order valence-electron chi connectivity index (χ2n) is 8.31. The summed E-state index contributed by atoms with van der Waals surface area (Å²) in [6.07, 6.45) is -0.256. The summed E-state index contributed by atoms with van der Waals surface area (Å²) in [6.45, 7) is 5.86. The Labute approximate surface area is 178 Å². The molecule has 0 aliphatic rings. The summed E-state index contributed by atoms with van der Waals surface area (Å²) in [4.78, 5) is 24.5. The third kappa shape index (κ3) is 5.20. The van der Waals surface area contributed by atoms with Gasteiger partial charge in [0.2, 0.25) is 0 Å². The first kappa shape index (κ1) is 22.3. The van der Waals surface area contributed by atoms with Crippen molar-refractivity contribution in [3.8, 4) is 5.75 Å². The zero-order valence-electron chi connectivity index (χ0n) is 17.4. The molecule has 1 aromatic heterocycles. The zero-order valence-corrected chi connectivity index (χ0v) is 17.4. The molecule has 0 bridgehead atoms. The summed E-state index contributed by atoms with van der Waals surface area (Å²) in [7, 11) is 0. The van der Waals surface area contributed by atoms with Crippen LogP contribution in [-0.4, -0.2) is 28.3 Å². The Kier molecular flexibility index (Phi) is 6.29. The number of ether oxygens (including phenoxy) is 2. The molecule has 0 saturated carbocycles. The largest absolute Gasteiger partial charge is 0.487 e. The Morgan fingerprint density at radius 3 is 2.48 bits per heavy atom. The molecule has 8 heteroatoms. The Hall–Kier alpha value is -3.42. The van der Waals surface area contributed by atoms with Crippen molar-refractivity contribution in [2.24, 2.45) is 5.41 Å². The number of aromatic nitrogens is 1. The van der Waals surface area contributed by atoms with Crippen LogP contribution in [-0.2, 0) is 11.3 Å². The molecular weight excluding hydrogens is 408 g/mol. The highest BCUT2D eigenvalue weighted by atomic mass is 19.1. The molecule has 0 unspecified atom stereocenters. The lowest BCUT2D eigenvalue weighted by molar-refractivity contribution is 0.0680. The molecule has 0 fully saturated rings. The number of benzene rings is 2. The van der Waals surface area contributed by atoms with Crippen LogP contribution in [0.25, 0.3) is 10.9 Å². The van der Waals surface area contributed by atoms with E-state index in [-0.39, 0.29) is 41.2 Å². The summed E-state index contributed by atoms with van der Waals surface area (Å²) in [5, 5.41) is 10.0. The Morgan fingerprint density at radius 1 is 1.10 bits per heavy atom. The second-order valence-corrected chi connectivity index (χ2v) is 8.31. The van der Waals surface area contributed by atoms with Crippen molar-refractivity contribution in [2.45, 2.75) is 33.8 Å². The molecule has 3 aromatic rings. The van der Waals surface area contributed by atoms with Gasteiger partial charge in [0.25, 0.3) is 0 Å². The normalized spacial score (nSPS) is 11.5. The van der Waals surface area contributed by atoms with Gasteiger partial charge in [-0.2, -0.15) is 0 Å². The summed E-state index contributed by atoms with van der Waals surface area (Å²) in [6, 6.07) is 9.25. The number of aromatic carboxylic acids is 1. The zero-order chi connectivity index (χ0) is 22.8. The van der Waals surface area contributed by atoms with Gasteiger partial charge in [-0.1, -0.05) is 32.9 Å². The fraction of sp³-hybridized carbons (Fsp3) is 0.304. The van der Waals surface area contributed by atoms with Gasteiger partial charge in [-0.3, -0.25) is 0 Å². The molecule has 0 spiro atoms. The molecule has 164 valence electrons. The van der Waals surface area contributed by atoms with E-state index in [1.165, 1.54) is 18.2 Å². The van der Waals surface area contributed by atoms with Crippen LogP contribution in [0.5, 0.6) is 5.75 Å². The molecule has 0 radical (unpaired) electrons. The average Bonchev–Trinajstić information content (AvgIpc) is 3.07. The predicted octanol–water partition coefficient (Wildman–Crippen LogP) is 5.62. The number of hydrogen-bond donors (Lipinski definition) is 1. The van der Waals surface area contributed by atoms with Crippen molar-refractivity contribution in [1.82, 2.24) is 4.57 Å². The molecular formula is C23H23F2NO5. The first-order valence-electron chi connectivity index (χ1n) is 9.68. The monoisotopic (exact) mass is 431 g/mol. The number of fused-ring (bicyclic) bond motifs is 1. The third-order valence-electron chi connectivity index (χ3n) is 4.66. The number of carbonyl (C=O) groups is 2. The number of nitrogens with zero attached hydrogens (tertiary/aromatic N) is 1. The van der Waals surface area contributed by atoms with Gasteiger partial charge < -0.3 is 14.6 Å². The van der Waals surface area contributed by atoms with Crippen LogP contribution in [0.1, 0.15) is 43.2 Å². The first-order valence-corrected chi connectivity index (χ1v) is 9.68. The lowest BCUT2D eigenvalue weighted by Crippen LogP contribution is -2.21. The van der Waals surface area contributed by atoms with Gasteiger partial charge in [0.1, 0.15) is 35.2 Å². The van der Waals surface area contributed by atoms with E-state index in [1.54, 1.807) is 12.1 Å². The molecule has 1 N–H and O–H groups in total. The number of rotatable bonds is 6. The number of hydrogen-bond acceptors (Lipinski definition) is 4. The van der Waals surface area contributed by atoms with Crippen LogP contribution in [0, 0.1) is 17.0 Å². The Morgan fingerprint density at radius 2 is 1.84 bits per heavy atom. The molecule has 6 nitrogen and oxygen atoms in total. The second kappa shape index (κ2) is 8.75. The van der Waals surface area contributed by atoms with Crippen molar-refractivity contribution in [1.29, 1.82) is 0 Å². The van der Waals surface area contributed by atoms with Gasteiger partial charge >= 0.3 is 12.1 Å². The number of carboxylic acids is 1. The van der Waals surface area contributed by atoms with Gasteiger partial charge in [-0.15, -0.1) is 0 Å². The number of carbonyl (C=O) groups excluding carboxylic acids is 1.